The van der Waals surface area contributed by atoms with Gasteiger partial charge in [-0.2, -0.15) is 0 Å². The maximum absolute atomic E-state index is 6.03. The van der Waals surface area contributed by atoms with E-state index < -0.39 is 0 Å². The molecule has 0 spiro atoms. The summed E-state index contributed by atoms with van der Waals surface area (Å²) in [6, 6.07) is 5.94. The molecule has 1 aromatic rings. The van der Waals surface area contributed by atoms with Gasteiger partial charge in [0.15, 0.2) is 0 Å². The Morgan fingerprint density at radius 3 is 2.82 bits per heavy atom. The molecule has 0 fully saturated rings. The van der Waals surface area contributed by atoms with Crippen LogP contribution >= 0.6 is 11.6 Å². The first-order valence-corrected chi connectivity index (χ1v) is 6.34. The predicted molar refractivity (Wildman–Crippen MR) is 74.0 cm³/mol. The zero-order chi connectivity index (χ0) is 12.7. The molecule has 0 radical (unpaired) electrons. The molecular formula is C13H21ClN2O. The molecule has 0 bridgehead atoms. The van der Waals surface area contributed by atoms with Crippen LogP contribution in [0.3, 0.4) is 0 Å². The first-order chi connectivity index (χ1) is 8.19. The number of hydrogen-bond acceptors (Lipinski definition) is 3. The SMILES string of the molecule is CCOCCN(C)c1cc(Cl)ccc1CCN. The number of nitrogens with two attached hydrogens (primary N) is 1. The third-order valence-corrected chi connectivity index (χ3v) is 2.88. The summed E-state index contributed by atoms with van der Waals surface area (Å²) in [6.45, 7) is 4.97. The fourth-order valence-corrected chi connectivity index (χ4v) is 1.89. The van der Waals surface area contributed by atoms with Crippen LogP contribution in [0, 0.1) is 0 Å². The molecule has 0 heterocycles. The van der Waals surface area contributed by atoms with Crippen molar-refractivity contribution in [1.82, 2.24) is 0 Å². The fraction of sp³-hybridized carbons (Fsp3) is 0.538. The Kier molecular flexibility index (Phi) is 6.34. The lowest BCUT2D eigenvalue weighted by molar-refractivity contribution is 0.154. The van der Waals surface area contributed by atoms with Crippen LogP contribution in [-0.4, -0.2) is 33.4 Å². The van der Waals surface area contributed by atoms with Crippen molar-refractivity contribution in [2.75, 3.05) is 38.3 Å². The Morgan fingerprint density at radius 2 is 2.18 bits per heavy atom. The zero-order valence-electron chi connectivity index (χ0n) is 10.6. The second kappa shape index (κ2) is 7.54. The largest absolute Gasteiger partial charge is 0.380 e. The lowest BCUT2D eigenvalue weighted by Crippen LogP contribution is -2.24. The number of halogens is 1. The molecule has 4 heteroatoms. The average molecular weight is 257 g/mol. The van der Waals surface area contributed by atoms with Crippen LogP contribution in [0.25, 0.3) is 0 Å². The van der Waals surface area contributed by atoms with E-state index in [4.69, 9.17) is 22.1 Å². The molecule has 0 aliphatic rings. The van der Waals surface area contributed by atoms with Gasteiger partial charge in [0.2, 0.25) is 0 Å². The highest BCUT2D eigenvalue weighted by molar-refractivity contribution is 6.30. The maximum Gasteiger partial charge on any atom is 0.0641 e. The van der Waals surface area contributed by atoms with Gasteiger partial charge in [-0.05, 0) is 37.6 Å². The number of benzene rings is 1. The van der Waals surface area contributed by atoms with Crippen molar-refractivity contribution >= 4 is 17.3 Å². The summed E-state index contributed by atoms with van der Waals surface area (Å²) in [7, 11) is 2.05. The van der Waals surface area contributed by atoms with Gasteiger partial charge in [-0.15, -0.1) is 0 Å². The number of nitrogens with zero attached hydrogens (tertiary/aromatic N) is 1. The normalized spacial score (nSPS) is 10.6. The summed E-state index contributed by atoms with van der Waals surface area (Å²) in [5.41, 5.74) is 7.99. The molecule has 0 aromatic heterocycles. The predicted octanol–water partition coefficient (Wildman–Crippen LogP) is 2.31. The molecule has 2 N–H and O–H groups in total. The molecule has 0 amide bonds. The van der Waals surface area contributed by atoms with Crippen LogP contribution in [0.15, 0.2) is 18.2 Å². The highest BCUT2D eigenvalue weighted by Gasteiger charge is 2.07. The summed E-state index contributed by atoms with van der Waals surface area (Å²) in [6.07, 6.45) is 0.867. The molecule has 0 saturated carbocycles. The zero-order valence-corrected chi connectivity index (χ0v) is 11.3. The molecule has 96 valence electrons. The van der Waals surface area contributed by atoms with Crippen molar-refractivity contribution in [1.29, 1.82) is 0 Å². The smallest absolute Gasteiger partial charge is 0.0641 e. The van der Waals surface area contributed by atoms with Crippen molar-refractivity contribution in [3.05, 3.63) is 28.8 Å². The lowest BCUT2D eigenvalue weighted by atomic mass is 10.1. The summed E-state index contributed by atoms with van der Waals surface area (Å²) >= 11 is 6.03. The minimum Gasteiger partial charge on any atom is -0.380 e. The van der Waals surface area contributed by atoms with Gasteiger partial charge in [0.25, 0.3) is 0 Å². The van der Waals surface area contributed by atoms with Crippen molar-refractivity contribution in [2.45, 2.75) is 13.3 Å². The van der Waals surface area contributed by atoms with Gasteiger partial charge in [-0.25, -0.2) is 0 Å². The fourth-order valence-electron chi connectivity index (χ4n) is 1.73. The summed E-state index contributed by atoms with van der Waals surface area (Å²) in [4.78, 5) is 2.16. The van der Waals surface area contributed by atoms with Crippen molar-refractivity contribution < 1.29 is 4.74 Å². The summed E-state index contributed by atoms with van der Waals surface area (Å²) < 4.78 is 5.36. The molecule has 3 nitrogen and oxygen atoms in total. The van der Waals surface area contributed by atoms with E-state index in [0.717, 1.165) is 36.9 Å². The molecule has 1 rings (SSSR count). The molecule has 0 saturated heterocycles. The van der Waals surface area contributed by atoms with Crippen LogP contribution in [0.1, 0.15) is 12.5 Å². The summed E-state index contributed by atoms with van der Waals surface area (Å²) in [5.74, 6) is 0. The third-order valence-electron chi connectivity index (χ3n) is 2.65. The molecule has 0 aliphatic carbocycles. The highest BCUT2D eigenvalue weighted by Crippen LogP contribution is 2.24. The highest BCUT2D eigenvalue weighted by atomic mass is 35.5. The molecule has 0 unspecified atom stereocenters. The van der Waals surface area contributed by atoms with Gasteiger partial charge in [0.05, 0.1) is 6.61 Å². The minimum atomic E-state index is 0.647. The molecular weight excluding hydrogens is 236 g/mol. The number of rotatable bonds is 7. The first-order valence-electron chi connectivity index (χ1n) is 5.96. The van der Waals surface area contributed by atoms with Crippen molar-refractivity contribution in [3.63, 3.8) is 0 Å². The minimum absolute atomic E-state index is 0.647. The Labute approximate surface area is 109 Å². The number of likely N-dealkylation sites (N-methyl/N-ethyl adjacent to an activating group) is 1. The summed E-state index contributed by atoms with van der Waals surface area (Å²) in [5, 5.41) is 0.754. The molecule has 0 atom stereocenters. The standard InChI is InChI=1S/C13H21ClN2O/c1-3-17-9-8-16(2)13-10-12(14)5-4-11(13)6-7-15/h4-5,10H,3,6-9,15H2,1-2H3. The van der Waals surface area contributed by atoms with E-state index in [1.807, 2.05) is 32.2 Å². The van der Waals surface area contributed by atoms with Crippen LogP contribution in [0.4, 0.5) is 5.69 Å². The van der Waals surface area contributed by atoms with E-state index in [1.54, 1.807) is 0 Å². The topological polar surface area (TPSA) is 38.5 Å². The van der Waals surface area contributed by atoms with Crippen LogP contribution in [-0.2, 0) is 11.2 Å². The van der Waals surface area contributed by atoms with Gasteiger partial charge in [0, 0.05) is 30.9 Å². The van der Waals surface area contributed by atoms with E-state index in [9.17, 15) is 0 Å². The Bertz CT molecular complexity index is 344. The van der Waals surface area contributed by atoms with E-state index in [0.29, 0.717) is 6.54 Å². The average Bonchev–Trinajstić information content (AvgIpc) is 2.32. The van der Waals surface area contributed by atoms with E-state index in [-0.39, 0.29) is 0 Å². The number of hydrogen-bond donors (Lipinski definition) is 1. The lowest BCUT2D eigenvalue weighted by Gasteiger charge is -2.22. The third kappa shape index (κ3) is 4.54. The van der Waals surface area contributed by atoms with Crippen LogP contribution in [0.5, 0.6) is 0 Å². The van der Waals surface area contributed by atoms with Gasteiger partial charge >= 0.3 is 0 Å². The molecule has 0 aliphatic heterocycles. The van der Waals surface area contributed by atoms with Gasteiger partial charge in [-0.1, -0.05) is 17.7 Å². The quantitative estimate of drug-likeness (QED) is 0.761. The van der Waals surface area contributed by atoms with Crippen molar-refractivity contribution in [3.8, 4) is 0 Å². The van der Waals surface area contributed by atoms with Gasteiger partial charge < -0.3 is 15.4 Å². The van der Waals surface area contributed by atoms with E-state index in [1.165, 1.54) is 5.56 Å². The van der Waals surface area contributed by atoms with E-state index in [2.05, 4.69) is 4.90 Å². The second-order valence-corrected chi connectivity index (χ2v) is 4.37. The first kappa shape index (κ1) is 14.3. The van der Waals surface area contributed by atoms with Crippen molar-refractivity contribution in [2.24, 2.45) is 5.73 Å². The second-order valence-electron chi connectivity index (χ2n) is 3.93. The van der Waals surface area contributed by atoms with Gasteiger partial charge in [0.1, 0.15) is 0 Å². The van der Waals surface area contributed by atoms with Gasteiger partial charge in [-0.3, -0.25) is 0 Å². The van der Waals surface area contributed by atoms with Crippen LogP contribution in [0.2, 0.25) is 5.02 Å². The monoisotopic (exact) mass is 256 g/mol. The van der Waals surface area contributed by atoms with E-state index >= 15 is 0 Å². The number of anilines is 1. The number of ether oxygens (including phenoxy) is 1. The molecule has 1 aromatic carbocycles. The Hall–Kier alpha value is -0.770. The maximum atomic E-state index is 6.03. The molecule has 17 heavy (non-hydrogen) atoms. The Balaban J connectivity index is 2.74. The van der Waals surface area contributed by atoms with Crippen LogP contribution < -0.4 is 10.6 Å². The Morgan fingerprint density at radius 1 is 1.41 bits per heavy atom.